The van der Waals surface area contributed by atoms with Crippen LogP contribution in [0, 0.1) is 6.92 Å². The van der Waals surface area contributed by atoms with Crippen LogP contribution in [0.4, 0.5) is 0 Å². The Hall–Kier alpha value is -0.950. The van der Waals surface area contributed by atoms with Crippen molar-refractivity contribution in [2.45, 2.75) is 38.5 Å². The fourth-order valence-corrected chi connectivity index (χ4v) is 4.52. The van der Waals surface area contributed by atoms with Crippen molar-refractivity contribution in [2.24, 2.45) is 0 Å². The van der Waals surface area contributed by atoms with Gasteiger partial charge in [0.1, 0.15) is 17.6 Å². The zero-order valence-electron chi connectivity index (χ0n) is 13.5. The van der Waals surface area contributed by atoms with Gasteiger partial charge >= 0.3 is 0 Å². The zero-order valence-corrected chi connectivity index (χ0v) is 15.1. The average Bonchev–Trinajstić information content (AvgIpc) is 2.81. The quantitative estimate of drug-likeness (QED) is 0.841. The van der Waals surface area contributed by atoms with Gasteiger partial charge in [0.15, 0.2) is 9.84 Å². The molecule has 1 fully saturated rings. The van der Waals surface area contributed by atoms with Gasteiger partial charge < -0.3 is 9.32 Å². The molecule has 1 aliphatic rings. The topological polar surface area (TPSA) is 67.6 Å². The van der Waals surface area contributed by atoms with Gasteiger partial charge in [-0.05, 0) is 19.1 Å². The summed E-state index contributed by atoms with van der Waals surface area (Å²) in [7, 11) is -3.14. The molecule has 0 saturated carbocycles. The third-order valence-corrected chi connectivity index (χ3v) is 6.36. The lowest BCUT2D eigenvalue weighted by Crippen LogP contribution is -2.47. The lowest BCUT2D eigenvalue weighted by atomic mass is 10.2. The van der Waals surface area contributed by atoms with Crippen LogP contribution in [0.25, 0.3) is 0 Å². The molecule has 1 saturated heterocycles. The number of hydrogen-bond acceptors (Lipinski definition) is 5. The molecular formula is C15H23NO4S2. The largest absolute Gasteiger partial charge is 0.464 e. The Morgan fingerprint density at radius 3 is 2.64 bits per heavy atom. The lowest BCUT2D eigenvalue weighted by Gasteiger charge is -2.34. The number of carbonyl (C=O) groups excluding carboxylic acids is 1. The number of aryl methyl sites for hydroxylation is 1. The van der Waals surface area contributed by atoms with Crippen LogP contribution < -0.4 is 0 Å². The lowest BCUT2D eigenvalue weighted by molar-refractivity contribution is -0.130. The summed E-state index contributed by atoms with van der Waals surface area (Å²) in [5.41, 5.74) is 0. The Balaban J connectivity index is 2.18. The number of rotatable bonds is 3. The number of hydrogen-bond donors (Lipinski definition) is 0. The summed E-state index contributed by atoms with van der Waals surface area (Å²) in [6.45, 7) is 8.20. The zero-order chi connectivity index (χ0) is 16.5. The molecule has 0 bridgehead atoms. The van der Waals surface area contributed by atoms with Crippen molar-refractivity contribution in [3.05, 3.63) is 23.7 Å². The summed E-state index contributed by atoms with van der Waals surface area (Å²) < 4.78 is 29.5. The minimum atomic E-state index is -3.14. The Labute approximate surface area is 136 Å². The van der Waals surface area contributed by atoms with Crippen LogP contribution in [0.5, 0.6) is 0 Å². The Morgan fingerprint density at radius 2 is 2.09 bits per heavy atom. The molecule has 2 rings (SSSR count). The van der Waals surface area contributed by atoms with Crippen LogP contribution in [0.3, 0.4) is 0 Å². The van der Waals surface area contributed by atoms with Crippen LogP contribution in [0.2, 0.25) is 0 Å². The first-order valence-corrected chi connectivity index (χ1v) is 10.1. The second-order valence-electron chi connectivity index (χ2n) is 6.57. The third kappa shape index (κ3) is 4.52. The van der Waals surface area contributed by atoms with E-state index in [1.807, 2.05) is 6.92 Å². The van der Waals surface area contributed by atoms with Crippen molar-refractivity contribution < 1.29 is 17.6 Å². The van der Waals surface area contributed by atoms with E-state index in [4.69, 9.17) is 4.42 Å². The molecule has 22 heavy (non-hydrogen) atoms. The van der Waals surface area contributed by atoms with Gasteiger partial charge in [0.25, 0.3) is 0 Å². The maximum Gasteiger partial charge on any atom is 0.233 e. The van der Waals surface area contributed by atoms with Crippen LogP contribution >= 0.6 is 11.8 Å². The average molecular weight is 345 g/mol. The first kappa shape index (κ1) is 17.4. The first-order chi connectivity index (χ1) is 10.1. The van der Waals surface area contributed by atoms with Crippen LogP contribution in [0.1, 0.15) is 38.3 Å². The minimum absolute atomic E-state index is 0.00566. The molecule has 0 spiro atoms. The fraction of sp³-hybridized carbons (Fsp3) is 0.667. The van der Waals surface area contributed by atoms with Crippen molar-refractivity contribution in [3.8, 4) is 0 Å². The van der Waals surface area contributed by atoms with Crippen molar-refractivity contribution in [1.29, 1.82) is 0 Å². The van der Waals surface area contributed by atoms with Gasteiger partial charge in [-0.15, -0.1) is 11.8 Å². The molecule has 0 aliphatic carbocycles. The second-order valence-corrected chi connectivity index (χ2v) is 10.6. The summed E-state index contributed by atoms with van der Waals surface area (Å²) >= 11 is 1.57. The van der Waals surface area contributed by atoms with E-state index in [2.05, 4.69) is 20.8 Å². The van der Waals surface area contributed by atoms with E-state index in [0.29, 0.717) is 11.5 Å². The highest BCUT2D eigenvalue weighted by molar-refractivity contribution is 8.01. The molecule has 7 heteroatoms. The van der Waals surface area contributed by atoms with E-state index < -0.39 is 15.9 Å². The summed E-state index contributed by atoms with van der Waals surface area (Å²) in [4.78, 5) is 14.2. The predicted molar refractivity (Wildman–Crippen MR) is 88.8 cm³/mol. The van der Waals surface area contributed by atoms with E-state index in [1.165, 1.54) is 0 Å². The van der Waals surface area contributed by atoms with E-state index in [1.54, 1.807) is 28.8 Å². The first-order valence-electron chi connectivity index (χ1n) is 7.28. The van der Waals surface area contributed by atoms with Gasteiger partial charge in [-0.1, -0.05) is 20.8 Å². The standard InChI is InChI=1S/C15H23NO4S2/c1-11-5-6-13(20-11)12-10-22(18,19)8-7-16(12)14(17)9-21-15(2,3)4/h5-6,12H,7-10H2,1-4H3/t12-/m0/s1. The number of nitrogens with zero attached hydrogens (tertiary/aromatic N) is 1. The molecule has 5 nitrogen and oxygen atoms in total. The maximum atomic E-state index is 12.5. The Bertz CT molecular complexity index is 643. The smallest absolute Gasteiger partial charge is 0.233 e. The highest BCUT2D eigenvalue weighted by Crippen LogP contribution is 2.30. The van der Waals surface area contributed by atoms with Crippen molar-refractivity contribution >= 4 is 27.5 Å². The fourth-order valence-electron chi connectivity index (χ4n) is 2.34. The van der Waals surface area contributed by atoms with Crippen molar-refractivity contribution in [2.75, 3.05) is 23.8 Å². The number of amides is 1. The molecule has 1 aliphatic heterocycles. The molecule has 1 aromatic heterocycles. The van der Waals surface area contributed by atoms with Crippen molar-refractivity contribution in [1.82, 2.24) is 4.90 Å². The van der Waals surface area contributed by atoms with Crippen LogP contribution in [0.15, 0.2) is 16.5 Å². The van der Waals surface area contributed by atoms with E-state index in [0.717, 1.165) is 5.76 Å². The van der Waals surface area contributed by atoms with Gasteiger partial charge in [0, 0.05) is 11.3 Å². The van der Waals surface area contributed by atoms with Gasteiger partial charge in [0.2, 0.25) is 5.91 Å². The number of sulfone groups is 1. The summed E-state index contributed by atoms with van der Waals surface area (Å²) in [6.07, 6.45) is 0. The monoisotopic (exact) mass is 345 g/mol. The predicted octanol–water partition coefficient (Wildman–Crippen LogP) is 2.42. The van der Waals surface area contributed by atoms with Gasteiger partial charge in [0.05, 0.1) is 17.3 Å². The maximum absolute atomic E-state index is 12.5. The Kier molecular flexibility index (Phi) is 4.96. The molecule has 0 unspecified atom stereocenters. The van der Waals surface area contributed by atoms with Gasteiger partial charge in [-0.2, -0.15) is 0 Å². The molecule has 1 amide bonds. The van der Waals surface area contributed by atoms with E-state index in [9.17, 15) is 13.2 Å². The summed E-state index contributed by atoms with van der Waals surface area (Å²) in [5.74, 6) is 1.54. The molecule has 1 aromatic rings. The molecule has 0 N–H and O–H groups in total. The second kappa shape index (κ2) is 6.28. The van der Waals surface area contributed by atoms with E-state index >= 15 is 0 Å². The van der Waals surface area contributed by atoms with Gasteiger partial charge in [-0.3, -0.25) is 4.79 Å². The number of furan rings is 1. The highest BCUT2D eigenvalue weighted by Gasteiger charge is 2.37. The summed E-state index contributed by atoms with van der Waals surface area (Å²) in [5, 5.41) is 0. The highest BCUT2D eigenvalue weighted by atomic mass is 32.2. The third-order valence-electron chi connectivity index (χ3n) is 3.47. The molecule has 1 atom stereocenters. The van der Waals surface area contributed by atoms with E-state index in [-0.39, 0.29) is 28.7 Å². The molecule has 0 aromatic carbocycles. The molecular weight excluding hydrogens is 322 g/mol. The summed E-state index contributed by atoms with van der Waals surface area (Å²) in [6, 6.07) is 3.04. The molecule has 124 valence electrons. The van der Waals surface area contributed by atoms with Crippen molar-refractivity contribution in [3.63, 3.8) is 0 Å². The Morgan fingerprint density at radius 1 is 1.41 bits per heavy atom. The minimum Gasteiger partial charge on any atom is -0.464 e. The number of thioether (sulfide) groups is 1. The molecule has 0 radical (unpaired) electrons. The van der Waals surface area contributed by atoms with Gasteiger partial charge in [-0.25, -0.2) is 8.42 Å². The number of carbonyl (C=O) groups is 1. The SMILES string of the molecule is Cc1ccc([C@@H]2CS(=O)(=O)CCN2C(=O)CSC(C)(C)C)o1. The normalized spacial score (nSPS) is 21.8. The van der Waals surface area contributed by atoms with Crippen LogP contribution in [-0.2, 0) is 14.6 Å². The van der Waals surface area contributed by atoms with Crippen LogP contribution in [-0.4, -0.2) is 47.8 Å². The molecule has 2 heterocycles.